The number of fused-ring (bicyclic) bond motifs is 3. The molecule has 5 rings (SSSR count). The molecule has 0 spiro atoms. The van der Waals surface area contributed by atoms with E-state index < -0.39 is 9.84 Å². The fraction of sp³-hybridized carbons (Fsp3) is 0.208. The Labute approximate surface area is 196 Å². The molecule has 0 unspecified atom stereocenters. The van der Waals surface area contributed by atoms with Crippen LogP contribution in [0.5, 0.6) is 0 Å². The maximum Gasteiger partial charge on any atom is 0.229 e. The summed E-state index contributed by atoms with van der Waals surface area (Å²) < 4.78 is 29.4. The molecule has 33 heavy (non-hydrogen) atoms. The molecule has 3 heterocycles. The predicted molar refractivity (Wildman–Crippen MR) is 131 cm³/mol. The van der Waals surface area contributed by atoms with Crippen molar-refractivity contribution >= 4 is 42.9 Å². The monoisotopic (exact) mass is 477 g/mol. The molecule has 0 aliphatic carbocycles. The maximum atomic E-state index is 13.5. The molecule has 5 aromatic rings. The van der Waals surface area contributed by atoms with Gasteiger partial charge in [0.05, 0.1) is 15.1 Å². The van der Waals surface area contributed by atoms with Crippen molar-refractivity contribution in [1.82, 2.24) is 19.8 Å². The first kappa shape index (κ1) is 21.5. The zero-order chi connectivity index (χ0) is 23.0. The summed E-state index contributed by atoms with van der Waals surface area (Å²) in [7, 11) is -3.88. The van der Waals surface area contributed by atoms with Gasteiger partial charge in [-0.1, -0.05) is 54.6 Å². The highest BCUT2D eigenvalue weighted by molar-refractivity contribution is 7.91. The van der Waals surface area contributed by atoms with Gasteiger partial charge in [0.15, 0.2) is 11.5 Å². The average molecular weight is 478 g/mol. The molecule has 0 aliphatic rings. The van der Waals surface area contributed by atoms with Gasteiger partial charge >= 0.3 is 0 Å². The van der Waals surface area contributed by atoms with Gasteiger partial charge in [-0.3, -0.25) is 0 Å². The van der Waals surface area contributed by atoms with Crippen LogP contribution in [0.25, 0.3) is 15.9 Å². The molecule has 0 radical (unpaired) electrons. The fourth-order valence-electron chi connectivity index (χ4n) is 3.85. The smallest absolute Gasteiger partial charge is 0.229 e. The van der Waals surface area contributed by atoms with Crippen LogP contribution in [0.4, 0.5) is 5.82 Å². The van der Waals surface area contributed by atoms with Crippen LogP contribution in [0.2, 0.25) is 0 Å². The molecular weight excluding hydrogens is 454 g/mol. The molecule has 0 saturated heterocycles. The van der Waals surface area contributed by atoms with E-state index in [4.69, 9.17) is 4.98 Å². The molecule has 0 atom stereocenters. The van der Waals surface area contributed by atoms with Crippen molar-refractivity contribution in [3.05, 3.63) is 77.2 Å². The molecule has 0 saturated carbocycles. The summed E-state index contributed by atoms with van der Waals surface area (Å²) in [5.41, 5.74) is 3.26. The Morgan fingerprint density at radius 3 is 2.42 bits per heavy atom. The zero-order valence-electron chi connectivity index (χ0n) is 18.3. The van der Waals surface area contributed by atoms with Crippen molar-refractivity contribution in [3.63, 3.8) is 0 Å². The molecule has 0 fully saturated rings. The Kier molecular flexibility index (Phi) is 5.59. The molecule has 0 aliphatic heterocycles. The van der Waals surface area contributed by atoms with Gasteiger partial charge in [-0.05, 0) is 48.1 Å². The van der Waals surface area contributed by atoms with Gasteiger partial charge in [0, 0.05) is 13.1 Å². The molecule has 7 nitrogen and oxygen atoms in total. The summed E-state index contributed by atoms with van der Waals surface area (Å²) in [4.78, 5) is 7.16. The second-order valence-electron chi connectivity index (χ2n) is 7.70. The van der Waals surface area contributed by atoms with Crippen LogP contribution in [-0.2, 0) is 22.8 Å². The minimum Gasteiger partial charge on any atom is -0.351 e. The lowest BCUT2D eigenvalue weighted by molar-refractivity contribution is 0.592. The Morgan fingerprint density at radius 1 is 0.970 bits per heavy atom. The quantitative estimate of drug-likeness (QED) is 0.336. The largest absolute Gasteiger partial charge is 0.351 e. The third kappa shape index (κ3) is 3.77. The van der Waals surface area contributed by atoms with E-state index in [0.717, 1.165) is 33.6 Å². The highest BCUT2D eigenvalue weighted by atomic mass is 32.2. The van der Waals surface area contributed by atoms with Crippen LogP contribution in [0.1, 0.15) is 25.0 Å². The molecular formula is C24H23N5O2S2. The van der Waals surface area contributed by atoms with Gasteiger partial charge in [0.2, 0.25) is 14.9 Å². The van der Waals surface area contributed by atoms with Crippen LogP contribution in [0.3, 0.4) is 0 Å². The number of aromatic nitrogens is 4. The van der Waals surface area contributed by atoms with Crippen molar-refractivity contribution in [2.75, 3.05) is 11.4 Å². The van der Waals surface area contributed by atoms with Crippen LogP contribution in [0, 0.1) is 0 Å². The first-order chi connectivity index (χ1) is 16.0. The van der Waals surface area contributed by atoms with Crippen molar-refractivity contribution in [1.29, 1.82) is 0 Å². The van der Waals surface area contributed by atoms with Crippen molar-refractivity contribution in [2.24, 2.45) is 0 Å². The summed E-state index contributed by atoms with van der Waals surface area (Å²) in [6.45, 7) is 5.47. The van der Waals surface area contributed by atoms with E-state index in [0.29, 0.717) is 13.1 Å². The summed E-state index contributed by atoms with van der Waals surface area (Å²) >= 11 is 1.56. The third-order valence-electron chi connectivity index (χ3n) is 5.70. The van der Waals surface area contributed by atoms with Crippen molar-refractivity contribution in [2.45, 2.75) is 36.7 Å². The highest BCUT2D eigenvalue weighted by Crippen LogP contribution is 2.33. The lowest BCUT2D eigenvalue weighted by Gasteiger charge is -2.23. The highest BCUT2D eigenvalue weighted by Gasteiger charge is 2.28. The Bertz CT molecular complexity index is 1520. The van der Waals surface area contributed by atoms with E-state index in [2.05, 4.69) is 34.3 Å². The lowest BCUT2D eigenvalue weighted by atomic mass is 10.2. The van der Waals surface area contributed by atoms with E-state index >= 15 is 0 Å². The number of nitrogens with zero attached hydrogens (tertiary/aromatic N) is 5. The number of hydrogen-bond acceptors (Lipinski definition) is 7. The van der Waals surface area contributed by atoms with E-state index in [1.165, 1.54) is 4.52 Å². The first-order valence-corrected chi connectivity index (χ1v) is 13.1. The van der Waals surface area contributed by atoms with E-state index in [-0.39, 0.29) is 15.6 Å². The summed E-state index contributed by atoms with van der Waals surface area (Å²) in [6.07, 6.45) is 0.838. The molecule has 0 amide bonds. The van der Waals surface area contributed by atoms with E-state index in [1.54, 1.807) is 23.5 Å². The maximum absolute atomic E-state index is 13.5. The minimum absolute atomic E-state index is 0.128. The summed E-state index contributed by atoms with van der Waals surface area (Å²) in [5, 5.41) is 10.1. The number of hydrogen-bond donors (Lipinski definition) is 0. The Balaban J connectivity index is 1.67. The number of anilines is 1. The van der Waals surface area contributed by atoms with Gasteiger partial charge in [-0.15, -0.1) is 16.4 Å². The number of benzene rings is 2. The predicted octanol–water partition coefficient (Wildman–Crippen LogP) is 4.76. The van der Waals surface area contributed by atoms with Gasteiger partial charge in [0.1, 0.15) is 0 Å². The normalized spacial score (nSPS) is 11.9. The molecule has 0 N–H and O–H groups in total. The number of sulfone groups is 1. The number of rotatable bonds is 7. The average Bonchev–Trinajstić information content (AvgIpc) is 3.50. The van der Waals surface area contributed by atoms with Crippen LogP contribution in [0.15, 0.2) is 76.0 Å². The fourth-order valence-corrected chi connectivity index (χ4v) is 5.98. The number of thiophene rings is 1. The van der Waals surface area contributed by atoms with Gasteiger partial charge < -0.3 is 4.90 Å². The number of aryl methyl sites for hydroxylation is 1. The van der Waals surface area contributed by atoms with Gasteiger partial charge in [-0.25, -0.2) is 13.4 Å². The molecule has 3 aromatic heterocycles. The standard InChI is InChI=1S/C24H23N5O2S2/c1-3-17-10-12-19(13-11-17)33(30,31)24-23-25-22(21-20(14-15-32-21)29(23)27-26-24)28(4-2)16-18-8-6-5-7-9-18/h5-15H,3-4,16H2,1-2H3. The minimum atomic E-state index is -3.88. The zero-order valence-corrected chi connectivity index (χ0v) is 20.0. The second kappa shape index (κ2) is 8.57. The molecule has 0 bridgehead atoms. The van der Waals surface area contributed by atoms with Crippen LogP contribution < -0.4 is 4.90 Å². The van der Waals surface area contributed by atoms with Crippen LogP contribution in [-0.4, -0.2) is 34.8 Å². The molecule has 9 heteroatoms. The van der Waals surface area contributed by atoms with Crippen molar-refractivity contribution in [3.8, 4) is 0 Å². The molecule has 168 valence electrons. The van der Waals surface area contributed by atoms with Gasteiger partial charge in [0.25, 0.3) is 0 Å². The van der Waals surface area contributed by atoms with E-state index in [1.807, 2.05) is 48.7 Å². The first-order valence-electron chi connectivity index (χ1n) is 10.8. The summed E-state index contributed by atoms with van der Waals surface area (Å²) in [6, 6.07) is 19.0. The Morgan fingerprint density at radius 2 is 1.73 bits per heavy atom. The topological polar surface area (TPSA) is 80.5 Å². The van der Waals surface area contributed by atoms with Crippen molar-refractivity contribution < 1.29 is 8.42 Å². The third-order valence-corrected chi connectivity index (χ3v) is 8.26. The van der Waals surface area contributed by atoms with Crippen LogP contribution >= 0.6 is 11.3 Å². The SMILES string of the molecule is CCc1ccc(S(=O)(=O)c2nnn3c2nc(N(CC)Cc2ccccc2)c2sccc23)cc1. The Hall–Kier alpha value is -3.30. The second-order valence-corrected chi connectivity index (χ2v) is 10.5. The molecule has 2 aromatic carbocycles. The van der Waals surface area contributed by atoms with E-state index in [9.17, 15) is 8.42 Å². The summed E-state index contributed by atoms with van der Waals surface area (Å²) in [5.74, 6) is 0.735. The van der Waals surface area contributed by atoms with Gasteiger partial charge in [-0.2, -0.15) is 4.52 Å². The lowest BCUT2D eigenvalue weighted by Crippen LogP contribution is -2.23.